The number of carbonyl (C=O) groups excluding carboxylic acids is 1. The topological polar surface area (TPSA) is 52.0 Å². The Balaban J connectivity index is 1.94. The van der Waals surface area contributed by atoms with Crippen LogP contribution >= 0.6 is 23.4 Å². The van der Waals surface area contributed by atoms with Gasteiger partial charge in [-0.1, -0.05) is 48.0 Å². The van der Waals surface area contributed by atoms with Crippen molar-refractivity contribution in [3.63, 3.8) is 0 Å². The number of carbonyl (C=O) groups is 1. The summed E-state index contributed by atoms with van der Waals surface area (Å²) in [7, 11) is 0. The molecule has 0 N–H and O–H groups in total. The molecule has 1 aliphatic carbocycles. The van der Waals surface area contributed by atoms with E-state index in [1.807, 2.05) is 37.3 Å². The fourth-order valence-electron chi connectivity index (χ4n) is 3.44. The van der Waals surface area contributed by atoms with Gasteiger partial charge in [-0.05, 0) is 49.6 Å². The normalized spacial score (nSPS) is 17.4. The number of benzene rings is 2. The predicted octanol–water partition coefficient (Wildman–Crippen LogP) is 4.95. The summed E-state index contributed by atoms with van der Waals surface area (Å²) in [4.78, 5) is 30.4. The van der Waals surface area contributed by atoms with Gasteiger partial charge in [0, 0.05) is 11.4 Å². The molecule has 1 unspecified atom stereocenters. The standard InChI is InChI=1S/C21H19ClN2O2S/c1-13-15(22)8-6-10-17(13)24-20(26)14-7-2-3-9-16(14)23-21(24)27-19-12-5-4-11-18(19)25/h2-3,6-10,19H,4-5,11-12H2,1H3. The largest absolute Gasteiger partial charge is 0.298 e. The van der Waals surface area contributed by atoms with E-state index in [9.17, 15) is 9.59 Å². The van der Waals surface area contributed by atoms with Gasteiger partial charge >= 0.3 is 0 Å². The Hall–Kier alpha value is -2.11. The fraction of sp³-hybridized carbons (Fsp3) is 0.286. The summed E-state index contributed by atoms with van der Waals surface area (Å²) in [6.45, 7) is 1.89. The molecular weight excluding hydrogens is 380 g/mol. The van der Waals surface area contributed by atoms with E-state index in [2.05, 4.69) is 0 Å². The Morgan fingerprint density at radius 2 is 1.93 bits per heavy atom. The highest BCUT2D eigenvalue weighted by molar-refractivity contribution is 8.00. The number of Topliss-reactive ketones (excluding diaryl/α,β-unsaturated/α-hetero) is 1. The molecule has 4 nitrogen and oxygen atoms in total. The molecule has 1 saturated carbocycles. The molecule has 138 valence electrons. The van der Waals surface area contributed by atoms with E-state index in [0.717, 1.165) is 24.8 Å². The molecule has 0 aliphatic heterocycles. The minimum absolute atomic E-state index is 0.142. The van der Waals surface area contributed by atoms with Crippen LogP contribution in [0.1, 0.15) is 31.2 Å². The van der Waals surface area contributed by atoms with Gasteiger partial charge in [0.25, 0.3) is 5.56 Å². The molecule has 0 spiro atoms. The van der Waals surface area contributed by atoms with Crippen LogP contribution in [0.5, 0.6) is 0 Å². The summed E-state index contributed by atoms with van der Waals surface area (Å²) < 4.78 is 1.61. The number of rotatable bonds is 3. The minimum atomic E-state index is -0.155. The van der Waals surface area contributed by atoms with Crippen molar-refractivity contribution in [3.05, 3.63) is 63.4 Å². The molecule has 1 heterocycles. The van der Waals surface area contributed by atoms with Gasteiger partial charge in [0.05, 0.1) is 21.8 Å². The Bertz CT molecular complexity index is 1090. The molecule has 1 fully saturated rings. The average Bonchev–Trinajstić information content (AvgIpc) is 2.67. The average molecular weight is 399 g/mol. The smallest absolute Gasteiger partial charge is 0.266 e. The zero-order chi connectivity index (χ0) is 19.0. The highest BCUT2D eigenvalue weighted by atomic mass is 35.5. The maximum atomic E-state index is 13.3. The van der Waals surface area contributed by atoms with E-state index in [1.54, 1.807) is 16.7 Å². The first kappa shape index (κ1) is 18.3. The van der Waals surface area contributed by atoms with Crippen LogP contribution in [0.4, 0.5) is 0 Å². The zero-order valence-corrected chi connectivity index (χ0v) is 16.5. The number of thioether (sulfide) groups is 1. The first-order chi connectivity index (χ1) is 13.1. The summed E-state index contributed by atoms with van der Waals surface area (Å²) >= 11 is 7.70. The Labute approximate surface area is 166 Å². The maximum Gasteiger partial charge on any atom is 0.266 e. The highest BCUT2D eigenvalue weighted by Crippen LogP contribution is 2.33. The van der Waals surface area contributed by atoms with E-state index in [-0.39, 0.29) is 16.6 Å². The van der Waals surface area contributed by atoms with Gasteiger partial charge in [-0.2, -0.15) is 0 Å². The molecule has 1 aliphatic rings. The van der Waals surface area contributed by atoms with E-state index in [4.69, 9.17) is 16.6 Å². The fourth-order valence-corrected chi connectivity index (χ4v) is 4.84. The molecule has 1 aromatic heterocycles. The summed E-state index contributed by atoms with van der Waals surface area (Å²) in [5.41, 5.74) is 2.02. The molecule has 27 heavy (non-hydrogen) atoms. The second-order valence-electron chi connectivity index (χ2n) is 6.75. The summed E-state index contributed by atoms with van der Waals surface area (Å²) in [6, 6.07) is 12.8. The van der Waals surface area contributed by atoms with Crippen molar-refractivity contribution < 1.29 is 4.79 Å². The maximum absolute atomic E-state index is 13.3. The van der Waals surface area contributed by atoms with Crippen molar-refractivity contribution in [2.75, 3.05) is 0 Å². The van der Waals surface area contributed by atoms with E-state index in [1.165, 1.54) is 11.8 Å². The number of fused-ring (bicyclic) bond motifs is 1. The van der Waals surface area contributed by atoms with Crippen molar-refractivity contribution in [1.82, 2.24) is 9.55 Å². The summed E-state index contributed by atoms with van der Waals surface area (Å²) in [5.74, 6) is 0.239. The lowest BCUT2D eigenvalue weighted by Crippen LogP contribution is -2.26. The number of hydrogen-bond donors (Lipinski definition) is 0. The van der Waals surface area contributed by atoms with Crippen LogP contribution in [-0.2, 0) is 4.79 Å². The van der Waals surface area contributed by atoms with Gasteiger partial charge in [-0.25, -0.2) is 4.98 Å². The zero-order valence-electron chi connectivity index (χ0n) is 14.9. The molecule has 1 atom stereocenters. The Morgan fingerprint density at radius 1 is 1.11 bits per heavy atom. The molecular formula is C21H19ClN2O2S. The van der Waals surface area contributed by atoms with Crippen molar-refractivity contribution in [2.45, 2.75) is 43.0 Å². The molecule has 0 radical (unpaired) electrons. The number of nitrogens with zero attached hydrogens (tertiary/aromatic N) is 2. The van der Waals surface area contributed by atoms with Crippen molar-refractivity contribution >= 4 is 40.0 Å². The lowest BCUT2D eigenvalue weighted by molar-refractivity contribution is -0.119. The van der Waals surface area contributed by atoms with E-state index in [0.29, 0.717) is 33.2 Å². The summed E-state index contributed by atoms with van der Waals surface area (Å²) in [6.07, 6.45) is 3.39. The summed E-state index contributed by atoms with van der Waals surface area (Å²) in [5, 5.41) is 1.54. The highest BCUT2D eigenvalue weighted by Gasteiger charge is 2.26. The molecule has 0 bridgehead atoms. The molecule has 6 heteroatoms. The molecule has 2 aromatic carbocycles. The Kier molecular flexibility index (Phi) is 5.06. The Morgan fingerprint density at radius 3 is 2.74 bits per heavy atom. The van der Waals surface area contributed by atoms with Crippen LogP contribution in [0, 0.1) is 6.92 Å². The number of para-hydroxylation sites is 1. The van der Waals surface area contributed by atoms with Crippen LogP contribution in [0.15, 0.2) is 52.4 Å². The first-order valence-electron chi connectivity index (χ1n) is 9.03. The molecule has 4 rings (SSSR count). The van der Waals surface area contributed by atoms with Gasteiger partial charge in [-0.15, -0.1) is 0 Å². The number of ketones is 1. The lowest BCUT2D eigenvalue weighted by atomic mass is 9.99. The van der Waals surface area contributed by atoms with Crippen molar-refractivity contribution in [3.8, 4) is 5.69 Å². The molecule has 3 aromatic rings. The van der Waals surface area contributed by atoms with E-state index >= 15 is 0 Å². The van der Waals surface area contributed by atoms with Crippen LogP contribution in [0.25, 0.3) is 16.6 Å². The second kappa shape index (κ2) is 7.49. The van der Waals surface area contributed by atoms with E-state index < -0.39 is 0 Å². The van der Waals surface area contributed by atoms with Crippen molar-refractivity contribution in [2.24, 2.45) is 0 Å². The number of aromatic nitrogens is 2. The number of hydrogen-bond acceptors (Lipinski definition) is 4. The SMILES string of the molecule is Cc1c(Cl)cccc1-n1c(SC2CCCCC2=O)nc2ccccc2c1=O. The third-order valence-corrected chi connectivity index (χ3v) is 6.65. The minimum Gasteiger partial charge on any atom is -0.298 e. The van der Waals surface area contributed by atoms with Gasteiger partial charge in [0.2, 0.25) is 0 Å². The first-order valence-corrected chi connectivity index (χ1v) is 10.3. The monoisotopic (exact) mass is 398 g/mol. The third-order valence-electron chi connectivity index (χ3n) is 4.97. The van der Waals surface area contributed by atoms with Gasteiger partial charge in [0.1, 0.15) is 5.78 Å². The quantitative estimate of drug-likeness (QED) is 0.585. The second-order valence-corrected chi connectivity index (χ2v) is 8.33. The van der Waals surface area contributed by atoms with Crippen LogP contribution in [0.2, 0.25) is 5.02 Å². The lowest BCUT2D eigenvalue weighted by Gasteiger charge is -2.22. The van der Waals surface area contributed by atoms with Crippen molar-refractivity contribution in [1.29, 1.82) is 0 Å². The van der Waals surface area contributed by atoms with Crippen LogP contribution < -0.4 is 5.56 Å². The van der Waals surface area contributed by atoms with Crippen LogP contribution in [0.3, 0.4) is 0 Å². The predicted molar refractivity (Wildman–Crippen MR) is 110 cm³/mol. The third kappa shape index (κ3) is 3.42. The number of halogens is 1. The van der Waals surface area contributed by atoms with Gasteiger partial charge < -0.3 is 0 Å². The van der Waals surface area contributed by atoms with Gasteiger partial charge in [-0.3, -0.25) is 14.2 Å². The van der Waals surface area contributed by atoms with Crippen LogP contribution in [-0.4, -0.2) is 20.6 Å². The molecule has 0 amide bonds. The van der Waals surface area contributed by atoms with Gasteiger partial charge in [0.15, 0.2) is 5.16 Å². The molecule has 0 saturated heterocycles.